The van der Waals surface area contributed by atoms with Crippen molar-refractivity contribution in [3.63, 3.8) is 0 Å². The molecule has 29 heavy (non-hydrogen) atoms. The zero-order valence-electron chi connectivity index (χ0n) is 17.3. The Morgan fingerprint density at radius 3 is 2.21 bits per heavy atom. The summed E-state index contributed by atoms with van der Waals surface area (Å²) in [4.78, 5) is 26.0. The Morgan fingerprint density at radius 1 is 1.07 bits per heavy atom. The van der Waals surface area contributed by atoms with Crippen LogP contribution in [0.5, 0.6) is 0 Å². The van der Waals surface area contributed by atoms with Gasteiger partial charge < -0.3 is 15.0 Å². The third-order valence-electron chi connectivity index (χ3n) is 5.71. The minimum Gasteiger partial charge on any atom is -0.444 e. The number of ether oxygens (including phenoxy) is 1. The standard InChI is InChI=1S/C21H29N3O4S/c1-21(2,3)28-20(26)24-11-15(12-24)29(27)23-19(25)22-18-16-8-4-6-13(16)10-14-7-5-9-17(14)18/h10,15H,4-9,11-12H2,1-3H3,(H2,22,23,25). The number of nitrogens with one attached hydrogen (secondary N) is 2. The predicted molar refractivity (Wildman–Crippen MR) is 112 cm³/mol. The quantitative estimate of drug-likeness (QED) is 0.788. The summed E-state index contributed by atoms with van der Waals surface area (Å²) in [7, 11) is -1.55. The maximum absolute atomic E-state index is 12.5. The molecule has 1 heterocycles. The van der Waals surface area contributed by atoms with E-state index in [-0.39, 0.29) is 5.25 Å². The molecule has 1 aliphatic heterocycles. The van der Waals surface area contributed by atoms with Crippen molar-refractivity contribution in [2.75, 3.05) is 18.4 Å². The maximum Gasteiger partial charge on any atom is 0.410 e. The molecule has 3 aliphatic rings. The molecule has 158 valence electrons. The van der Waals surface area contributed by atoms with Gasteiger partial charge in [-0.05, 0) is 81.5 Å². The fourth-order valence-electron chi connectivity index (χ4n) is 4.33. The van der Waals surface area contributed by atoms with Crippen molar-refractivity contribution >= 4 is 28.8 Å². The van der Waals surface area contributed by atoms with Crippen LogP contribution in [-0.2, 0) is 41.4 Å². The number of carbonyl (C=O) groups excluding carboxylic acids is 2. The summed E-state index contributed by atoms with van der Waals surface area (Å²) >= 11 is 0. The monoisotopic (exact) mass is 419 g/mol. The summed E-state index contributed by atoms with van der Waals surface area (Å²) in [6.45, 7) is 6.06. The van der Waals surface area contributed by atoms with Crippen LogP contribution < -0.4 is 10.0 Å². The van der Waals surface area contributed by atoms with Gasteiger partial charge in [-0.3, -0.25) is 4.72 Å². The van der Waals surface area contributed by atoms with Gasteiger partial charge >= 0.3 is 12.1 Å². The van der Waals surface area contributed by atoms with E-state index in [9.17, 15) is 13.8 Å². The first-order valence-electron chi connectivity index (χ1n) is 10.3. The fraction of sp³-hybridized carbons (Fsp3) is 0.619. The van der Waals surface area contributed by atoms with E-state index in [2.05, 4.69) is 16.1 Å². The Morgan fingerprint density at radius 2 is 1.66 bits per heavy atom. The highest BCUT2D eigenvalue weighted by Gasteiger charge is 2.38. The molecule has 0 aromatic heterocycles. The highest BCUT2D eigenvalue weighted by atomic mass is 32.2. The molecule has 3 amide bonds. The maximum atomic E-state index is 12.5. The molecule has 1 atom stereocenters. The molecule has 8 heteroatoms. The number of amides is 3. The number of hydrogen-bond acceptors (Lipinski definition) is 4. The van der Waals surface area contributed by atoms with Gasteiger partial charge in [-0.15, -0.1) is 0 Å². The molecule has 1 aromatic carbocycles. The highest BCUT2D eigenvalue weighted by Crippen LogP contribution is 2.38. The van der Waals surface area contributed by atoms with Crippen LogP contribution in [0.1, 0.15) is 55.9 Å². The highest BCUT2D eigenvalue weighted by molar-refractivity contribution is 7.84. The number of likely N-dealkylation sites (tertiary alicyclic amines) is 1. The van der Waals surface area contributed by atoms with Crippen molar-refractivity contribution in [2.45, 2.75) is 70.1 Å². The van der Waals surface area contributed by atoms with Crippen molar-refractivity contribution in [2.24, 2.45) is 0 Å². The van der Waals surface area contributed by atoms with Crippen LogP contribution in [0.2, 0.25) is 0 Å². The second-order valence-corrected chi connectivity index (χ2v) is 10.6. The topological polar surface area (TPSA) is 87.7 Å². The number of rotatable bonds is 3. The van der Waals surface area contributed by atoms with E-state index in [0.717, 1.165) is 44.2 Å². The Kier molecular flexibility index (Phi) is 5.31. The number of urea groups is 1. The summed E-state index contributed by atoms with van der Waals surface area (Å²) in [5, 5.41) is 2.72. The predicted octanol–water partition coefficient (Wildman–Crippen LogP) is 3.07. The van der Waals surface area contributed by atoms with E-state index in [4.69, 9.17) is 4.74 Å². The summed E-state index contributed by atoms with van der Waals surface area (Å²) < 4.78 is 20.4. The first-order chi connectivity index (χ1) is 13.7. The Bertz CT molecular complexity index is 839. The van der Waals surface area contributed by atoms with Crippen LogP contribution in [0.3, 0.4) is 0 Å². The van der Waals surface area contributed by atoms with Gasteiger partial charge in [0.1, 0.15) is 16.6 Å². The normalized spacial score (nSPS) is 19.2. The van der Waals surface area contributed by atoms with E-state index in [1.54, 1.807) is 0 Å². The molecule has 0 saturated carbocycles. The van der Waals surface area contributed by atoms with Gasteiger partial charge in [0.05, 0.1) is 5.25 Å². The molecule has 1 saturated heterocycles. The van der Waals surface area contributed by atoms with Crippen molar-refractivity contribution in [1.82, 2.24) is 9.62 Å². The average molecular weight is 420 g/mol. The lowest BCUT2D eigenvalue weighted by Gasteiger charge is -2.38. The van der Waals surface area contributed by atoms with Crippen LogP contribution in [0, 0.1) is 0 Å². The molecule has 1 unspecified atom stereocenters. The Labute approximate surface area is 174 Å². The molecule has 1 fully saturated rings. The Hall–Kier alpha value is -2.09. The smallest absolute Gasteiger partial charge is 0.410 e. The molecule has 0 radical (unpaired) electrons. The summed E-state index contributed by atoms with van der Waals surface area (Å²) in [5.41, 5.74) is 5.54. The molecule has 0 spiro atoms. The van der Waals surface area contributed by atoms with Crippen molar-refractivity contribution in [3.8, 4) is 0 Å². The first-order valence-corrected chi connectivity index (χ1v) is 11.6. The van der Waals surface area contributed by atoms with E-state index >= 15 is 0 Å². The number of fused-ring (bicyclic) bond motifs is 2. The molecule has 7 nitrogen and oxygen atoms in total. The van der Waals surface area contributed by atoms with Crippen LogP contribution in [0.4, 0.5) is 15.3 Å². The molecule has 4 rings (SSSR count). The van der Waals surface area contributed by atoms with Gasteiger partial charge in [0, 0.05) is 18.8 Å². The third kappa shape index (κ3) is 4.27. The Balaban J connectivity index is 1.34. The van der Waals surface area contributed by atoms with Crippen molar-refractivity contribution < 1.29 is 18.5 Å². The van der Waals surface area contributed by atoms with E-state index in [1.165, 1.54) is 27.2 Å². The largest absolute Gasteiger partial charge is 0.444 e. The van der Waals surface area contributed by atoms with E-state index in [1.807, 2.05) is 20.8 Å². The minimum atomic E-state index is -1.55. The molecule has 2 N–H and O–H groups in total. The second kappa shape index (κ2) is 7.63. The summed E-state index contributed by atoms with van der Waals surface area (Å²) in [6.07, 6.45) is 5.90. The van der Waals surface area contributed by atoms with Gasteiger partial charge in [-0.1, -0.05) is 6.07 Å². The lowest BCUT2D eigenvalue weighted by atomic mass is 9.99. The third-order valence-corrected chi connectivity index (χ3v) is 7.00. The van der Waals surface area contributed by atoms with Crippen molar-refractivity contribution in [1.29, 1.82) is 0 Å². The van der Waals surface area contributed by atoms with E-state index < -0.39 is 28.7 Å². The molecule has 2 aliphatic carbocycles. The van der Waals surface area contributed by atoms with Crippen LogP contribution >= 0.6 is 0 Å². The minimum absolute atomic E-state index is 0.277. The van der Waals surface area contributed by atoms with Crippen LogP contribution in [0.15, 0.2) is 6.07 Å². The molecular formula is C21H29N3O4S. The molecule has 0 bridgehead atoms. The number of carbonyl (C=O) groups is 2. The lowest BCUT2D eigenvalue weighted by molar-refractivity contribution is 0.0141. The number of benzene rings is 1. The van der Waals surface area contributed by atoms with Crippen LogP contribution in [-0.4, -0.2) is 45.2 Å². The van der Waals surface area contributed by atoms with Gasteiger partial charge in [0.15, 0.2) is 0 Å². The van der Waals surface area contributed by atoms with E-state index in [0.29, 0.717) is 13.1 Å². The van der Waals surface area contributed by atoms with Crippen LogP contribution in [0.25, 0.3) is 0 Å². The first kappa shape index (κ1) is 20.2. The molecule has 1 aromatic rings. The van der Waals surface area contributed by atoms with Gasteiger partial charge in [-0.25, -0.2) is 13.8 Å². The van der Waals surface area contributed by atoms with Gasteiger partial charge in [-0.2, -0.15) is 0 Å². The van der Waals surface area contributed by atoms with Gasteiger partial charge in [0.2, 0.25) is 0 Å². The number of hydrogen-bond donors (Lipinski definition) is 2. The lowest BCUT2D eigenvalue weighted by Crippen LogP contribution is -2.58. The zero-order chi connectivity index (χ0) is 20.8. The second-order valence-electron chi connectivity index (χ2n) is 9.09. The van der Waals surface area contributed by atoms with Crippen molar-refractivity contribution in [3.05, 3.63) is 28.3 Å². The summed E-state index contributed by atoms with van der Waals surface area (Å²) in [5.74, 6) is 0. The average Bonchev–Trinajstić information content (AvgIpc) is 3.19. The fourth-order valence-corrected chi connectivity index (χ4v) is 5.36. The number of anilines is 1. The molecular weight excluding hydrogens is 390 g/mol. The number of nitrogens with zero attached hydrogens (tertiary/aromatic N) is 1. The SMILES string of the molecule is CC(C)(C)OC(=O)N1CC(S(=O)NC(=O)Nc2c3c(cc4c2CCC4)CCC3)C1. The number of aryl methyl sites for hydroxylation is 2. The van der Waals surface area contributed by atoms with Gasteiger partial charge in [0.25, 0.3) is 0 Å². The zero-order valence-corrected chi connectivity index (χ0v) is 18.1. The summed E-state index contributed by atoms with van der Waals surface area (Å²) in [6, 6.07) is 1.87.